The first-order valence-electron chi connectivity index (χ1n) is 7.86. The van der Waals surface area contributed by atoms with Gasteiger partial charge in [0.25, 0.3) is 0 Å². The van der Waals surface area contributed by atoms with E-state index in [9.17, 15) is 4.57 Å². The summed E-state index contributed by atoms with van der Waals surface area (Å²) in [5.41, 5.74) is 3.57. The minimum atomic E-state index is -3.34. The van der Waals surface area contributed by atoms with Gasteiger partial charge in [-0.05, 0) is 63.8 Å². The van der Waals surface area contributed by atoms with Gasteiger partial charge in [0.15, 0.2) is 0 Å². The van der Waals surface area contributed by atoms with E-state index in [4.69, 9.17) is 9.05 Å². The van der Waals surface area contributed by atoms with Crippen LogP contribution in [-0.2, 0) is 4.57 Å². The lowest BCUT2D eigenvalue weighted by atomic mass is 10.1. The Morgan fingerprint density at radius 3 is 1.30 bits per heavy atom. The number of benzene rings is 2. The molecule has 4 heteroatoms. The van der Waals surface area contributed by atoms with Crippen LogP contribution in [0.5, 0.6) is 11.5 Å². The maximum absolute atomic E-state index is 13.4. The Hall–Kier alpha value is -1.73. The molecule has 0 heterocycles. The van der Waals surface area contributed by atoms with Crippen LogP contribution in [0, 0.1) is 27.7 Å². The first kappa shape index (κ1) is 17.6. The largest absolute Gasteiger partial charge is 0.433 e. The second-order valence-corrected chi connectivity index (χ2v) is 8.74. The van der Waals surface area contributed by atoms with Crippen molar-refractivity contribution in [2.75, 3.05) is 0 Å². The average molecular weight is 332 g/mol. The quantitative estimate of drug-likeness (QED) is 0.632. The fourth-order valence-corrected chi connectivity index (χ4v) is 3.91. The van der Waals surface area contributed by atoms with Crippen molar-refractivity contribution in [3.05, 3.63) is 58.7 Å². The van der Waals surface area contributed by atoms with Crippen molar-refractivity contribution < 1.29 is 13.6 Å². The molecule has 0 aliphatic carbocycles. The molecular formula is C19H25O3P. The number of rotatable bonds is 5. The van der Waals surface area contributed by atoms with Crippen LogP contribution in [0.15, 0.2) is 36.4 Å². The highest BCUT2D eigenvalue weighted by Crippen LogP contribution is 2.54. The van der Waals surface area contributed by atoms with Crippen molar-refractivity contribution in [3.8, 4) is 11.5 Å². The predicted molar refractivity (Wildman–Crippen MR) is 95.8 cm³/mol. The van der Waals surface area contributed by atoms with Crippen LogP contribution in [0.25, 0.3) is 0 Å². The van der Waals surface area contributed by atoms with Crippen LogP contribution in [0.2, 0.25) is 0 Å². The Morgan fingerprint density at radius 2 is 1.04 bits per heavy atom. The second kappa shape index (κ2) is 6.80. The first-order chi connectivity index (χ1) is 10.7. The highest BCUT2D eigenvalue weighted by molar-refractivity contribution is 7.55. The van der Waals surface area contributed by atoms with Gasteiger partial charge in [-0.3, -0.25) is 0 Å². The van der Waals surface area contributed by atoms with Gasteiger partial charge in [-0.2, -0.15) is 0 Å². The lowest BCUT2D eigenvalue weighted by Crippen LogP contribution is -2.12. The molecule has 23 heavy (non-hydrogen) atoms. The van der Waals surface area contributed by atoms with Crippen molar-refractivity contribution in [2.24, 2.45) is 0 Å². The van der Waals surface area contributed by atoms with Crippen LogP contribution in [0.1, 0.15) is 36.1 Å². The third-order valence-electron chi connectivity index (χ3n) is 3.89. The molecule has 3 nitrogen and oxygen atoms in total. The summed E-state index contributed by atoms with van der Waals surface area (Å²) >= 11 is 0. The van der Waals surface area contributed by atoms with E-state index in [1.165, 1.54) is 0 Å². The molecule has 0 saturated carbocycles. The van der Waals surface area contributed by atoms with E-state index in [1.807, 2.05) is 77.9 Å². The minimum Gasteiger partial charge on any atom is -0.415 e. The van der Waals surface area contributed by atoms with Crippen LogP contribution in [0.3, 0.4) is 0 Å². The van der Waals surface area contributed by atoms with E-state index < -0.39 is 7.60 Å². The monoisotopic (exact) mass is 332 g/mol. The molecule has 2 rings (SSSR count). The average Bonchev–Trinajstić information content (AvgIpc) is 2.47. The highest BCUT2D eigenvalue weighted by Gasteiger charge is 2.34. The van der Waals surface area contributed by atoms with E-state index >= 15 is 0 Å². The maximum atomic E-state index is 13.4. The van der Waals surface area contributed by atoms with Crippen molar-refractivity contribution in [1.29, 1.82) is 0 Å². The Bertz CT molecular complexity index is 652. The summed E-state index contributed by atoms with van der Waals surface area (Å²) in [7, 11) is -3.34. The smallest absolute Gasteiger partial charge is 0.415 e. The molecule has 0 unspecified atom stereocenters. The number of aryl methyl sites for hydroxylation is 4. The van der Waals surface area contributed by atoms with Gasteiger partial charge in [-0.1, -0.05) is 36.4 Å². The molecule has 0 N–H and O–H groups in total. The van der Waals surface area contributed by atoms with Gasteiger partial charge in [0.05, 0.1) is 5.66 Å². The summed E-state index contributed by atoms with van der Waals surface area (Å²) in [6.45, 7) is 11.5. The fourth-order valence-electron chi connectivity index (χ4n) is 2.37. The molecule has 0 fully saturated rings. The summed E-state index contributed by atoms with van der Waals surface area (Å²) in [4.78, 5) is 0. The molecule has 0 aromatic heterocycles. The third-order valence-corrected chi connectivity index (χ3v) is 6.03. The van der Waals surface area contributed by atoms with Crippen LogP contribution >= 0.6 is 7.60 Å². The standard InChI is InChI=1S/C19H25O3P/c1-13(2)23(20,21-18-14(3)9-7-10-15(18)4)22-19-16(5)11-8-12-17(19)6/h7-13H,1-6H3. The van der Waals surface area contributed by atoms with E-state index in [0.29, 0.717) is 11.5 Å². The Balaban J connectivity index is 2.43. The summed E-state index contributed by atoms with van der Waals surface area (Å²) in [5.74, 6) is 1.30. The first-order valence-corrected chi connectivity index (χ1v) is 9.47. The summed E-state index contributed by atoms with van der Waals surface area (Å²) in [5, 5.41) is 0. The molecule has 0 aliphatic rings. The maximum Gasteiger partial charge on any atom is 0.433 e. The molecule has 124 valence electrons. The van der Waals surface area contributed by atoms with Crippen molar-refractivity contribution >= 4 is 7.60 Å². The summed E-state index contributed by atoms with van der Waals surface area (Å²) in [6.07, 6.45) is 0. The molecule has 2 aromatic carbocycles. The molecule has 0 aliphatic heterocycles. The van der Waals surface area contributed by atoms with E-state index in [0.717, 1.165) is 22.3 Å². The predicted octanol–water partition coefficient (Wildman–Crippen LogP) is 5.98. The normalized spacial score (nSPS) is 11.6. The van der Waals surface area contributed by atoms with Gasteiger partial charge in [0, 0.05) is 0 Å². The van der Waals surface area contributed by atoms with Crippen molar-refractivity contribution in [3.63, 3.8) is 0 Å². The topological polar surface area (TPSA) is 35.5 Å². The zero-order valence-corrected chi connectivity index (χ0v) is 15.6. The lowest BCUT2D eigenvalue weighted by Gasteiger charge is -2.26. The van der Waals surface area contributed by atoms with Crippen molar-refractivity contribution in [2.45, 2.75) is 47.2 Å². The van der Waals surface area contributed by atoms with Gasteiger partial charge >= 0.3 is 7.60 Å². The molecule has 0 saturated heterocycles. The molecular weight excluding hydrogens is 307 g/mol. The van der Waals surface area contributed by atoms with Gasteiger partial charge in [0.1, 0.15) is 11.5 Å². The Kier molecular flexibility index (Phi) is 5.21. The third kappa shape index (κ3) is 3.79. The van der Waals surface area contributed by atoms with Gasteiger partial charge < -0.3 is 9.05 Å². The number of para-hydroxylation sites is 2. The fraction of sp³-hybridized carbons (Fsp3) is 0.368. The summed E-state index contributed by atoms with van der Waals surface area (Å²) in [6, 6.07) is 11.7. The van der Waals surface area contributed by atoms with E-state index in [1.54, 1.807) is 0 Å². The molecule has 0 spiro atoms. The lowest BCUT2D eigenvalue weighted by molar-refractivity contribution is 0.372. The van der Waals surface area contributed by atoms with Gasteiger partial charge in [-0.15, -0.1) is 0 Å². The van der Waals surface area contributed by atoms with Crippen molar-refractivity contribution in [1.82, 2.24) is 0 Å². The Labute approximate surface area is 139 Å². The molecule has 0 bridgehead atoms. The van der Waals surface area contributed by atoms with Crippen LogP contribution in [0.4, 0.5) is 0 Å². The minimum absolute atomic E-state index is 0.250. The zero-order chi connectivity index (χ0) is 17.2. The van der Waals surface area contributed by atoms with Gasteiger partial charge in [0.2, 0.25) is 0 Å². The zero-order valence-electron chi connectivity index (χ0n) is 14.7. The SMILES string of the molecule is Cc1cccc(C)c1OP(=O)(Oc1c(C)cccc1C)C(C)C. The number of hydrogen-bond donors (Lipinski definition) is 0. The van der Waals surface area contributed by atoms with E-state index in [-0.39, 0.29) is 5.66 Å². The van der Waals surface area contributed by atoms with Crippen LogP contribution in [-0.4, -0.2) is 5.66 Å². The second-order valence-electron chi connectivity index (χ2n) is 6.26. The highest BCUT2D eigenvalue weighted by atomic mass is 31.2. The van der Waals surface area contributed by atoms with E-state index in [2.05, 4.69) is 0 Å². The van der Waals surface area contributed by atoms with Crippen LogP contribution < -0.4 is 9.05 Å². The molecule has 0 amide bonds. The molecule has 0 atom stereocenters. The molecule has 2 aromatic rings. The Morgan fingerprint density at radius 1 is 0.739 bits per heavy atom. The number of hydrogen-bond acceptors (Lipinski definition) is 3. The van der Waals surface area contributed by atoms with Gasteiger partial charge in [-0.25, -0.2) is 4.57 Å². The summed E-state index contributed by atoms with van der Waals surface area (Å²) < 4.78 is 25.4. The molecule has 0 radical (unpaired) electrons.